The molecule has 1 aromatic rings. The monoisotopic (exact) mass is 312 g/mol. The fourth-order valence-corrected chi connectivity index (χ4v) is 2.54. The third-order valence-corrected chi connectivity index (χ3v) is 4.01. The zero-order valence-electron chi connectivity index (χ0n) is 12.7. The van der Waals surface area contributed by atoms with Crippen molar-refractivity contribution in [2.24, 2.45) is 11.7 Å². The molecule has 1 aliphatic heterocycles. The molecular formula is C16H25ClN2O2. The number of nitrogens with two attached hydrogens (primary N) is 1. The molecule has 118 valence electrons. The Labute approximate surface area is 132 Å². The number of carbonyl (C=O) groups is 1. The van der Waals surface area contributed by atoms with Gasteiger partial charge in [-0.15, -0.1) is 12.4 Å². The van der Waals surface area contributed by atoms with Gasteiger partial charge in [0.2, 0.25) is 5.91 Å². The molecule has 1 amide bonds. The van der Waals surface area contributed by atoms with Crippen molar-refractivity contribution < 1.29 is 9.53 Å². The van der Waals surface area contributed by atoms with E-state index in [0.29, 0.717) is 13.2 Å². The molecule has 1 heterocycles. The van der Waals surface area contributed by atoms with Gasteiger partial charge in [0.25, 0.3) is 0 Å². The van der Waals surface area contributed by atoms with Gasteiger partial charge in [0.05, 0.1) is 12.1 Å². The van der Waals surface area contributed by atoms with E-state index in [0.717, 1.165) is 18.4 Å². The average molecular weight is 313 g/mol. The number of rotatable bonds is 4. The second-order valence-corrected chi connectivity index (χ2v) is 5.62. The van der Waals surface area contributed by atoms with Crippen LogP contribution < -0.4 is 11.1 Å². The molecule has 0 bridgehead atoms. The maximum Gasteiger partial charge on any atom is 0.237 e. The Morgan fingerprint density at radius 3 is 2.43 bits per heavy atom. The molecule has 5 heteroatoms. The van der Waals surface area contributed by atoms with Gasteiger partial charge in [-0.1, -0.05) is 29.8 Å². The highest BCUT2D eigenvalue weighted by Crippen LogP contribution is 2.19. The SMILES string of the molecule is Cc1ccc(C(C)NC(=O)C(N)C2CCOCC2)cc1.Cl. The Morgan fingerprint density at radius 1 is 1.29 bits per heavy atom. The number of ether oxygens (including phenoxy) is 1. The molecule has 21 heavy (non-hydrogen) atoms. The quantitative estimate of drug-likeness (QED) is 0.897. The van der Waals surface area contributed by atoms with E-state index in [-0.39, 0.29) is 30.3 Å². The van der Waals surface area contributed by atoms with Crippen molar-refractivity contribution in [1.29, 1.82) is 0 Å². The fourth-order valence-electron chi connectivity index (χ4n) is 2.54. The molecule has 2 atom stereocenters. The van der Waals surface area contributed by atoms with Crippen LogP contribution in [0, 0.1) is 12.8 Å². The Bertz CT molecular complexity index is 444. The van der Waals surface area contributed by atoms with Crippen molar-refractivity contribution in [2.75, 3.05) is 13.2 Å². The highest BCUT2D eigenvalue weighted by molar-refractivity contribution is 5.85. The zero-order chi connectivity index (χ0) is 14.5. The van der Waals surface area contributed by atoms with Gasteiger partial charge < -0.3 is 15.8 Å². The number of carbonyl (C=O) groups excluding carboxylic acids is 1. The third kappa shape index (κ3) is 4.99. The van der Waals surface area contributed by atoms with E-state index in [9.17, 15) is 4.79 Å². The summed E-state index contributed by atoms with van der Waals surface area (Å²) < 4.78 is 5.30. The van der Waals surface area contributed by atoms with Gasteiger partial charge in [-0.3, -0.25) is 4.79 Å². The van der Waals surface area contributed by atoms with E-state index in [1.165, 1.54) is 5.56 Å². The number of hydrogen-bond acceptors (Lipinski definition) is 3. The van der Waals surface area contributed by atoms with Crippen LogP contribution in [0.3, 0.4) is 0 Å². The molecule has 0 radical (unpaired) electrons. The molecule has 0 spiro atoms. The van der Waals surface area contributed by atoms with Crippen molar-refractivity contribution in [3.8, 4) is 0 Å². The molecule has 3 N–H and O–H groups in total. The summed E-state index contributed by atoms with van der Waals surface area (Å²) >= 11 is 0. The first-order valence-corrected chi connectivity index (χ1v) is 7.28. The van der Waals surface area contributed by atoms with Gasteiger partial charge in [0.1, 0.15) is 0 Å². The minimum atomic E-state index is -0.438. The molecule has 0 saturated carbocycles. The normalized spacial score (nSPS) is 18.4. The second-order valence-electron chi connectivity index (χ2n) is 5.62. The lowest BCUT2D eigenvalue weighted by molar-refractivity contribution is -0.125. The lowest BCUT2D eigenvalue weighted by Gasteiger charge is -2.28. The number of aryl methyl sites for hydroxylation is 1. The van der Waals surface area contributed by atoms with Gasteiger partial charge in [0, 0.05) is 13.2 Å². The van der Waals surface area contributed by atoms with Crippen LogP contribution in [0.15, 0.2) is 24.3 Å². The second kappa shape index (κ2) is 8.37. The summed E-state index contributed by atoms with van der Waals surface area (Å²) in [5.41, 5.74) is 8.39. The number of halogens is 1. The molecule has 1 aliphatic rings. The molecular weight excluding hydrogens is 288 g/mol. The van der Waals surface area contributed by atoms with Crippen LogP contribution >= 0.6 is 12.4 Å². The number of nitrogens with one attached hydrogen (secondary N) is 1. The summed E-state index contributed by atoms with van der Waals surface area (Å²) in [4.78, 5) is 12.2. The van der Waals surface area contributed by atoms with Crippen molar-refractivity contribution in [2.45, 2.75) is 38.8 Å². The summed E-state index contributed by atoms with van der Waals surface area (Å²) in [5.74, 6) is 0.166. The summed E-state index contributed by atoms with van der Waals surface area (Å²) in [6.07, 6.45) is 1.74. The van der Waals surface area contributed by atoms with Gasteiger partial charge in [0.15, 0.2) is 0 Å². The first-order chi connectivity index (χ1) is 9.58. The van der Waals surface area contributed by atoms with Crippen molar-refractivity contribution in [1.82, 2.24) is 5.32 Å². The Hall–Kier alpha value is -1.10. The van der Waals surface area contributed by atoms with E-state index >= 15 is 0 Å². The van der Waals surface area contributed by atoms with Crippen LogP contribution in [0.2, 0.25) is 0 Å². The van der Waals surface area contributed by atoms with E-state index < -0.39 is 6.04 Å². The minimum absolute atomic E-state index is 0. The van der Waals surface area contributed by atoms with Crippen molar-refractivity contribution in [3.05, 3.63) is 35.4 Å². The topological polar surface area (TPSA) is 64.4 Å². The Balaban J connectivity index is 0.00000220. The van der Waals surface area contributed by atoms with Crippen LogP contribution in [-0.4, -0.2) is 25.2 Å². The average Bonchev–Trinajstić information content (AvgIpc) is 2.48. The van der Waals surface area contributed by atoms with Crippen LogP contribution in [0.4, 0.5) is 0 Å². The fraction of sp³-hybridized carbons (Fsp3) is 0.562. The standard InChI is InChI=1S/C16H24N2O2.ClH/c1-11-3-5-13(6-4-11)12(2)18-16(19)15(17)14-7-9-20-10-8-14;/h3-6,12,14-15H,7-10,17H2,1-2H3,(H,18,19);1H. The molecule has 1 fully saturated rings. The number of amides is 1. The summed E-state index contributed by atoms with van der Waals surface area (Å²) in [6, 6.07) is 7.73. The molecule has 1 saturated heterocycles. The van der Waals surface area contributed by atoms with Crippen LogP contribution in [-0.2, 0) is 9.53 Å². The van der Waals surface area contributed by atoms with Gasteiger partial charge in [-0.25, -0.2) is 0 Å². The van der Waals surface area contributed by atoms with Gasteiger partial charge in [-0.05, 0) is 38.2 Å². The molecule has 2 unspecified atom stereocenters. The van der Waals surface area contributed by atoms with Crippen molar-refractivity contribution in [3.63, 3.8) is 0 Å². The van der Waals surface area contributed by atoms with Crippen LogP contribution in [0.1, 0.15) is 36.9 Å². The van der Waals surface area contributed by atoms with Crippen molar-refractivity contribution >= 4 is 18.3 Å². The van der Waals surface area contributed by atoms with E-state index in [4.69, 9.17) is 10.5 Å². The van der Waals surface area contributed by atoms with E-state index in [1.54, 1.807) is 0 Å². The first kappa shape index (κ1) is 18.0. The molecule has 2 rings (SSSR count). The largest absolute Gasteiger partial charge is 0.381 e. The molecule has 0 aliphatic carbocycles. The van der Waals surface area contributed by atoms with Crippen LogP contribution in [0.25, 0.3) is 0 Å². The van der Waals surface area contributed by atoms with Gasteiger partial charge >= 0.3 is 0 Å². The van der Waals surface area contributed by atoms with Crippen LogP contribution in [0.5, 0.6) is 0 Å². The molecule has 0 aromatic heterocycles. The zero-order valence-corrected chi connectivity index (χ0v) is 13.5. The highest BCUT2D eigenvalue weighted by Gasteiger charge is 2.27. The molecule has 1 aromatic carbocycles. The predicted molar refractivity (Wildman–Crippen MR) is 86.5 cm³/mol. The Kier molecular flexibility index (Phi) is 7.15. The maximum absolute atomic E-state index is 12.2. The van der Waals surface area contributed by atoms with E-state index in [2.05, 4.69) is 17.4 Å². The maximum atomic E-state index is 12.2. The lowest BCUT2D eigenvalue weighted by atomic mass is 9.91. The minimum Gasteiger partial charge on any atom is -0.381 e. The van der Waals surface area contributed by atoms with Gasteiger partial charge in [-0.2, -0.15) is 0 Å². The van der Waals surface area contributed by atoms with E-state index in [1.807, 2.05) is 26.0 Å². The Morgan fingerprint density at radius 2 is 1.86 bits per heavy atom. The summed E-state index contributed by atoms with van der Waals surface area (Å²) in [5, 5.41) is 3.01. The lowest BCUT2D eigenvalue weighted by Crippen LogP contribution is -2.47. The first-order valence-electron chi connectivity index (χ1n) is 7.28. The summed E-state index contributed by atoms with van der Waals surface area (Å²) in [7, 11) is 0. The number of benzene rings is 1. The molecule has 4 nitrogen and oxygen atoms in total. The smallest absolute Gasteiger partial charge is 0.237 e. The number of hydrogen-bond donors (Lipinski definition) is 2. The highest BCUT2D eigenvalue weighted by atomic mass is 35.5. The predicted octanol–water partition coefficient (Wildman–Crippen LogP) is 2.35. The third-order valence-electron chi connectivity index (χ3n) is 4.01. The summed E-state index contributed by atoms with van der Waals surface area (Å²) in [6.45, 7) is 5.45.